The molecule has 1 amide bonds. The maximum Gasteiger partial charge on any atom is 0.337 e. The monoisotopic (exact) mass is 453 g/mol. The summed E-state index contributed by atoms with van der Waals surface area (Å²) in [7, 11) is 1.34. The van der Waals surface area contributed by atoms with E-state index in [2.05, 4.69) is 26.2 Å². The van der Waals surface area contributed by atoms with Gasteiger partial charge < -0.3 is 10.1 Å². The standard InChI is InChI=1S/C22H20BrN3O3/c1-29-21(28)15-7-9-17(10-8-15)22(11-2-3-12-22)26-20(27)16(14-24)13-18-5-4-6-19(23)25-18/h4-10,13H,2-3,11-12H2,1H3,(H,26,27). The van der Waals surface area contributed by atoms with Crippen LogP contribution >= 0.6 is 15.9 Å². The number of benzene rings is 1. The molecule has 3 rings (SSSR count). The third-order valence-electron chi connectivity index (χ3n) is 5.06. The van der Waals surface area contributed by atoms with Gasteiger partial charge in [-0.1, -0.05) is 31.0 Å². The minimum Gasteiger partial charge on any atom is -0.465 e. The molecule has 0 bridgehead atoms. The van der Waals surface area contributed by atoms with Gasteiger partial charge in [-0.05, 0) is 64.7 Å². The number of carbonyl (C=O) groups excluding carboxylic acids is 2. The Morgan fingerprint density at radius 3 is 2.48 bits per heavy atom. The summed E-state index contributed by atoms with van der Waals surface area (Å²) in [5, 5.41) is 12.6. The molecule has 1 aromatic carbocycles. The molecule has 148 valence electrons. The largest absolute Gasteiger partial charge is 0.465 e. The maximum absolute atomic E-state index is 12.9. The number of nitrogens with one attached hydrogen (secondary N) is 1. The van der Waals surface area contributed by atoms with Gasteiger partial charge in [0.15, 0.2) is 0 Å². The summed E-state index contributed by atoms with van der Waals surface area (Å²) in [4.78, 5) is 28.8. The van der Waals surface area contributed by atoms with Crippen LogP contribution in [0.3, 0.4) is 0 Å². The van der Waals surface area contributed by atoms with Crippen LogP contribution in [0, 0.1) is 11.3 Å². The zero-order chi connectivity index (χ0) is 20.9. The minimum absolute atomic E-state index is 0.00643. The quantitative estimate of drug-likeness (QED) is 0.318. The number of rotatable bonds is 5. The molecule has 1 fully saturated rings. The molecule has 0 spiro atoms. The molecule has 6 nitrogen and oxygen atoms in total. The Morgan fingerprint density at radius 2 is 1.90 bits per heavy atom. The van der Waals surface area contributed by atoms with Crippen molar-refractivity contribution in [3.05, 3.63) is 69.5 Å². The van der Waals surface area contributed by atoms with Crippen LogP contribution in [-0.4, -0.2) is 24.0 Å². The lowest BCUT2D eigenvalue weighted by Gasteiger charge is -2.31. The van der Waals surface area contributed by atoms with Crippen LogP contribution in [-0.2, 0) is 15.1 Å². The number of amides is 1. The van der Waals surface area contributed by atoms with Gasteiger partial charge in [-0.15, -0.1) is 0 Å². The van der Waals surface area contributed by atoms with E-state index in [0.29, 0.717) is 15.9 Å². The predicted octanol–water partition coefficient (Wildman–Crippen LogP) is 4.12. The zero-order valence-electron chi connectivity index (χ0n) is 15.9. The fourth-order valence-electron chi connectivity index (χ4n) is 3.59. The van der Waals surface area contributed by atoms with Crippen LogP contribution in [0.1, 0.15) is 47.3 Å². The van der Waals surface area contributed by atoms with Crippen molar-refractivity contribution in [2.75, 3.05) is 7.11 Å². The van der Waals surface area contributed by atoms with E-state index in [1.54, 1.807) is 30.3 Å². The Morgan fingerprint density at radius 1 is 1.21 bits per heavy atom. The van der Waals surface area contributed by atoms with Crippen molar-refractivity contribution in [1.82, 2.24) is 10.3 Å². The average molecular weight is 454 g/mol. The van der Waals surface area contributed by atoms with Crippen molar-refractivity contribution in [2.24, 2.45) is 0 Å². The van der Waals surface area contributed by atoms with Crippen molar-refractivity contribution in [3.8, 4) is 6.07 Å². The Bertz CT molecular complexity index is 987. The summed E-state index contributed by atoms with van der Waals surface area (Å²) in [6.45, 7) is 0. The number of ether oxygens (including phenoxy) is 1. The van der Waals surface area contributed by atoms with Gasteiger partial charge in [0, 0.05) is 0 Å². The highest BCUT2D eigenvalue weighted by Gasteiger charge is 2.37. The van der Waals surface area contributed by atoms with Crippen LogP contribution in [0.25, 0.3) is 6.08 Å². The molecule has 1 heterocycles. The fourth-order valence-corrected chi connectivity index (χ4v) is 3.95. The van der Waals surface area contributed by atoms with Crippen molar-refractivity contribution in [3.63, 3.8) is 0 Å². The highest BCUT2D eigenvalue weighted by atomic mass is 79.9. The molecular formula is C22H20BrN3O3. The van der Waals surface area contributed by atoms with E-state index >= 15 is 0 Å². The molecule has 1 saturated carbocycles. The van der Waals surface area contributed by atoms with E-state index in [1.807, 2.05) is 18.2 Å². The van der Waals surface area contributed by atoms with Crippen LogP contribution in [0.4, 0.5) is 0 Å². The first-order valence-electron chi connectivity index (χ1n) is 9.23. The molecule has 1 N–H and O–H groups in total. The number of esters is 1. The van der Waals surface area contributed by atoms with Crippen LogP contribution in [0.5, 0.6) is 0 Å². The molecule has 1 aromatic heterocycles. The Balaban J connectivity index is 1.87. The van der Waals surface area contributed by atoms with E-state index in [0.717, 1.165) is 31.2 Å². The first-order valence-corrected chi connectivity index (χ1v) is 10.0. The second kappa shape index (κ2) is 9.01. The SMILES string of the molecule is COC(=O)c1ccc(C2(NC(=O)C(C#N)=Cc3cccc(Br)n3)CCCC2)cc1. The van der Waals surface area contributed by atoms with Gasteiger partial charge in [-0.2, -0.15) is 5.26 Å². The van der Waals surface area contributed by atoms with E-state index in [4.69, 9.17) is 4.74 Å². The topological polar surface area (TPSA) is 92.1 Å². The fraction of sp³-hybridized carbons (Fsp3) is 0.273. The number of methoxy groups -OCH3 is 1. The van der Waals surface area contributed by atoms with Crippen LogP contribution in [0.15, 0.2) is 52.6 Å². The van der Waals surface area contributed by atoms with Crippen molar-refractivity contribution < 1.29 is 14.3 Å². The number of hydrogen-bond acceptors (Lipinski definition) is 5. The van der Waals surface area contributed by atoms with Crippen molar-refractivity contribution in [1.29, 1.82) is 5.26 Å². The van der Waals surface area contributed by atoms with E-state index in [9.17, 15) is 14.9 Å². The lowest BCUT2D eigenvalue weighted by Crippen LogP contribution is -2.44. The number of carbonyl (C=O) groups is 2. The molecule has 2 aromatic rings. The summed E-state index contributed by atoms with van der Waals surface area (Å²) < 4.78 is 5.37. The summed E-state index contributed by atoms with van der Waals surface area (Å²) in [6.07, 6.45) is 4.95. The average Bonchev–Trinajstić information content (AvgIpc) is 3.21. The molecule has 7 heteroatoms. The molecule has 0 aliphatic heterocycles. The minimum atomic E-state index is -0.563. The van der Waals surface area contributed by atoms with Crippen LogP contribution in [0.2, 0.25) is 0 Å². The van der Waals surface area contributed by atoms with Gasteiger partial charge >= 0.3 is 5.97 Å². The van der Waals surface area contributed by atoms with Gasteiger partial charge in [-0.3, -0.25) is 4.79 Å². The zero-order valence-corrected chi connectivity index (χ0v) is 17.5. The summed E-state index contributed by atoms with van der Waals surface area (Å²) in [5.74, 6) is -0.842. The Labute approximate surface area is 177 Å². The normalized spacial score (nSPS) is 15.4. The number of nitriles is 1. The lowest BCUT2D eigenvalue weighted by atomic mass is 9.87. The summed E-state index contributed by atoms with van der Waals surface area (Å²) in [5.41, 5.74) is 1.32. The second-order valence-corrected chi connectivity index (χ2v) is 7.68. The smallest absolute Gasteiger partial charge is 0.337 e. The molecule has 1 aliphatic rings. The molecular weight excluding hydrogens is 434 g/mol. The molecule has 0 saturated heterocycles. The maximum atomic E-state index is 12.9. The molecule has 0 atom stereocenters. The first-order chi connectivity index (χ1) is 14.0. The number of nitrogens with zero attached hydrogens (tertiary/aromatic N) is 2. The van der Waals surface area contributed by atoms with E-state index in [-0.39, 0.29) is 5.57 Å². The van der Waals surface area contributed by atoms with Gasteiger partial charge in [0.25, 0.3) is 5.91 Å². The third kappa shape index (κ3) is 4.72. The van der Waals surface area contributed by atoms with Gasteiger partial charge in [0.2, 0.25) is 0 Å². The van der Waals surface area contributed by atoms with Gasteiger partial charge in [0.1, 0.15) is 16.2 Å². The highest BCUT2D eigenvalue weighted by molar-refractivity contribution is 9.10. The Kier molecular flexibility index (Phi) is 6.45. The molecule has 29 heavy (non-hydrogen) atoms. The van der Waals surface area contributed by atoms with Crippen molar-refractivity contribution >= 4 is 33.9 Å². The van der Waals surface area contributed by atoms with Gasteiger partial charge in [-0.25, -0.2) is 9.78 Å². The highest BCUT2D eigenvalue weighted by Crippen LogP contribution is 2.39. The van der Waals surface area contributed by atoms with E-state index in [1.165, 1.54) is 13.2 Å². The third-order valence-corrected chi connectivity index (χ3v) is 5.50. The summed E-state index contributed by atoms with van der Waals surface area (Å²) in [6, 6.07) is 14.3. The lowest BCUT2D eigenvalue weighted by molar-refractivity contribution is -0.119. The van der Waals surface area contributed by atoms with Crippen LogP contribution < -0.4 is 5.32 Å². The molecule has 0 radical (unpaired) electrons. The van der Waals surface area contributed by atoms with Gasteiger partial charge in [0.05, 0.1) is 23.9 Å². The molecule has 0 unspecified atom stereocenters. The summed E-state index contributed by atoms with van der Waals surface area (Å²) >= 11 is 3.29. The number of halogens is 1. The predicted molar refractivity (Wildman–Crippen MR) is 112 cm³/mol. The Hall–Kier alpha value is -2.98. The second-order valence-electron chi connectivity index (χ2n) is 6.87. The molecule has 1 aliphatic carbocycles. The number of aromatic nitrogens is 1. The first kappa shape index (κ1) is 20.7. The number of hydrogen-bond donors (Lipinski definition) is 1. The van der Waals surface area contributed by atoms with E-state index < -0.39 is 17.4 Å². The number of pyridine rings is 1. The van der Waals surface area contributed by atoms with Crippen molar-refractivity contribution in [2.45, 2.75) is 31.2 Å².